The van der Waals surface area contributed by atoms with E-state index in [9.17, 15) is 9.59 Å². The van der Waals surface area contributed by atoms with Crippen LogP contribution in [0.4, 0.5) is 0 Å². The predicted octanol–water partition coefficient (Wildman–Crippen LogP) is 2.51. The van der Waals surface area contributed by atoms with E-state index in [2.05, 4.69) is 0 Å². The Kier molecular flexibility index (Phi) is 6.60. The number of carbonyl (C=O) groups is 2. The number of piperazine rings is 1. The molecule has 0 bridgehead atoms. The van der Waals surface area contributed by atoms with E-state index >= 15 is 0 Å². The lowest BCUT2D eigenvalue weighted by Gasteiger charge is -2.39. The number of ether oxygens (including phenoxy) is 1. The van der Waals surface area contributed by atoms with Gasteiger partial charge >= 0.3 is 0 Å². The van der Waals surface area contributed by atoms with Gasteiger partial charge in [-0.2, -0.15) is 0 Å². The van der Waals surface area contributed by atoms with E-state index < -0.39 is 6.04 Å². The molecule has 1 atom stereocenters. The second-order valence-electron chi connectivity index (χ2n) is 6.88. The molecule has 0 N–H and O–H groups in total. The van der Waals surface area contributed by atoms with E-state index in [0.717, 1.165) is 11.1 Å². The van der Waals surface area contributed by atoms with Crippen LogP contribution in [0.5, 0.6) is 0 Å². The SMILES string of the molecule is CN1CC(=O)N(CCCOCc2ccccc2)[C@H](Cc2ccccc2)C1=O. The van der Waals surface area contributed by atoms with E-state index in [-0.39, 0.29) is 18.4 Å². The Morgan fingerprint density at radius 2 is 1.59 bits per heavy atom. The molecule has 5 nitrogen and oxygen atoms in total. The summed E-state index contributed by atoms with van der Waals surface area (Å²) in [6, 6.07) is 19.4. The van der Waals surface area contributed by atoms with Gasteiger partial charge in [0.1, 0.15) is 6.04 Å². The lowest BCUT2D eigenvalue weighted by Crippen LogP contribution is -2.59. The molecule has 5 heteroatoms. The molecule has 2 amide bonds. The number of nitrogens with zero attached hydrogens (tertiary/aromatic N) is 2. The molecule has 1 aliphatic rings. The summed E-state index contributed by atoms with van der Waals surface area (Å²) in [6.45, 7) is 1.80. The van der Waals surface area contributed by atoms with Gasteiger partial charge in [0.15, 0.2) is 0 Å². The minimum atomic E-state index is -0.437. The minimum absolute atomic E-state index is 0.00101. The van der Waals surface area contributed by atoms with E-state index in [1.165, 1.54) is 4.90 Å². The molecule has 3 rings (SSSR count). The van der Waals surface area contributed by atoms with Gasteiger partial charge < -0.3 is 14.5 Å². The molecule has 1 fully saturated rings. The summed E-state index contributed by atoms with van der Waals surface area (Å²) in [5.41, 5.74) is 2.19. The van der Waals surface area contributed by atoms with Gasteiger partial charge in [0.25, 0.3) is 0 Å². The van der Waals surface area contributed by atoms with Crippen molar-refractivity contribution in [3.05, 3.63) is 71.8 Å². The maximum absolute atomic E-state index is 12.7. The summed E-state index contributed by atoms with van der Waals surface area (Å²) < 4.78 is 5.71. The molecule has 2 aromatic carbocycles. The van der Waals surface area contributed by atoms with Gasteiger partial charge in [-0.1, -0.05) is 60.7 Å². The summed E-state index contributed by atoms with van der Waals surface area (Å²) >= 11 is 0. The van der Waals surface area contributed by atoms with Crippen molar-refractivity contribution in [2.75, 3.05) is 26.7 Å². The van der Waals surface area contributed by atoms with E-state index in [1.807, 2.05) is 60.7 Å². The van der Waals surface area contributed by atoms with Crippen LogP contribution < -0.4 is 0 Å². The number of rotatable bonds is 8. The Bertz CT molecular complexity index is 749. The first-order valence-corrected chi connectivity index (χ1v) is 9.35. The highest BCUT2D eigenvalue weighted by atomic mass is 16.5. The summed E-state index contributed by atoms with van der Waals surface area (Å²) in [7, 11) is 1.69. The zero-order valence-electron chi connectivity index (χ0n) is 15.7. The molecule has 2 aromatic rings. The van der Waals surface area contributed by atoms with Gasteiger partial charge in [0, 0.05) is 26.6 Å². The van der Waals surface area contributed by atoms with Crippen molar-refractivity contribution in [1.29, 1.82) is 0 Å². The van der Waals surface area contributed by atoms with Crippen molar-refractivity contribution in [2.24, 2.45) is 0 Å². The van der Waals surface area contributed by atoms with Gasteiger partial charge in [0.2, 0.25) is 11.8 Å². The minimum Gasteiger partial charge on any atom is -0.377 e. The summed E-state index contributed by atoms with van der Waals surface area (Å²) in [6.07, 6.45) is 1.25. The zero-order chi connectivity index (χ0) is 19.1. The average molecular weight is 366 g/mol. The normalized spacial score (nSPS) is 17.4. The maximum Gasteiger partial charge on any atom is 0.245 e. The van der Waals surface area contributed by atoms with Crippen LogP contribution in [0.25, 0.3) is 0 Å². The van der Waals surface area contributed by atoms with Crippen LogP contribution in [0, 0.1) is 0 Å². The topological polar surface area (TPSA) is 49.9 Å². The lowest BCUT2D eigenvalue weighted by molar-refractivity contribution is -0.154. The summed E-state index contributed by atoms with van der Waals surface area (Å²) in [4.78, 5) is 28.4. The van der Waals surface area contributed by atoms with Gasteiger partial charge in [-0.3, -0.25) is 9.59 Å². The molecular weight excluding hydrogens is 340 g/mol. The fraction of sp³-hybridized carbons (Fsp3) is 0.364. The largest absolute Gasteiger partial charge is 0.377 e. The number of hydrogen-bond acceptors (Lipinski definition) is 3. The summed E-state index contributed by atoms with van der Waals surface area (Å²) in [5, 5.41) is 0. The molecule has 1 aliphatic heterocycles. The average Bonchev–Trinajstić information content (AvgIpc) is 2.69. The van der Waals surface area contributed by atoms with Crippen LogP contribution in [0.1, 0.15) is 17.5 Å². The highest BCUT2D eigenvalue weighted by molar-refractivity contribution is 5.94. The van der Waals surface area contributed by atoms with Gasteiger partial charge in [-0.25, -0.2) is 0 Å². The molecule has 0 radical (unpaired) electrons. The van der Waals surface area contributed by atoms with Gasteiger partial charge in [-0.15, -0.1) is 0 Å². The molecule has 0 spiro atoms. The standard InChI is InChI=1S/C22H26N2O3/c1-23-16-21(25)24(13-8-14-27-17-19-11-6-3-7-12-19)20(22(23)26)15-18-9-4-2-5-10-18/h2-7,9-12,20H,8,13-17H2,1H3/t20-/m1/s1. The van der Waals surface area contributed by atoms with Gasteiger partial charge in [0.05, 0.1) is 13.2 Å². The lowest BCUT2D eigenvalue weighted by atomic mass is 10.0. The van der Waals surface area contributed by atoms with Crippen molar-refractivity contribution in [3.8, 4) is 0 Å². The van der Waals surface area contributed by atoms with Crippen molar-refractivity contribution < 1.29 is 14.3 Å². The third-order valence-electron chi connectivity index (χ3n) is 4.80. The molecule has 0 aromatic heterocycles. The first kappa shape index (κ1) is 19.1. The Labute approximate surface area is 160 Å². The first-order valence-electron chi connectivity index (χ1n) is 9.35. The smallest absolute Gasteiger partial charge is 0.245 e. The molecule has 0 saturated carbocycles. The summed E-state index contributed by atoms with van der Waals surface area (Å²) in [5.74, 6) is 0.00440. The Balaban J connectivity index is 1.55. The number of hydrogen-bond donors (Lipinski definition) is 0. The third-order valence-corrected chi connectivity index (χ3v) is 4.80. The predicted molar refractivity (Wildman–Crippen MR) is 104 cm³/mol. The van der Waals surface area contributed by atoms with Crippen molar-refractivity contribution >= 4 is 11.8 Å². The van der Waals surface area contributed by atoms with Crippen molar-refractivity contribution in [2.45, 2.75) is 25.5 Å². The van der Waals surface area contributed by atoms with Crippen molar-refractivity contribution in [1.82, 2.24) is 9.80 Å². The Hall–Kier alpha value is -2.66. The molecule has 142 valence electrons. The number of benzene rings is 2. The van der Waals surface area contributed by atoms with Crippen LogP contribution in [0.2, 0.25) is 0 Å². The Morgan fingerprint density at radius 3 is 2.26 bits per heavy atom. The molecule has 0 unspecified atom stereocenters. The fourth-order valence-electron chi connectivity index (χ4n) is 3.35. The molecule has 1 saturated heterocycles. The van der Waals surface area contributed by atoms with Crippen LogP contribution in [-0.4, -0.2) is 54.4 Å². The molecule has 1 heterocycles. The van der Waals surface area contributed by atoms with E-state index in [4.69, 9.17) is 4.74 Å². The van der Waals surface area contributed by atoms with Crippen LogP contribution >= 0.6 is 0 Å². The monoisotopic (exact) mass is 366 g/mol. The number of carbonyl (C=O) groups excluding carboxylic acids is 2. The Morgan fingerprint density at radius 1 is 0.963 bits per heavy atom. The number of amides is 2. The number of likely N-dealkylation sites (N-methyl/N-ethyl adjacent to an activating group) is 1. The maximum atomic E-state index is 12.7. The third kappa shape index (κ3) is 5.17. The second kappa shape index (κ2) is 9.33. The van der Waals surface area contributed by atoms with Crippen LogP contribution in [-0.2, 0) is 27.4 Å². The molecule has 27 heavy (non-hydrogen) atoms. The zero-order valence-corrected chi connectivity index (χ0v) is 15.7. The van der Waals surface area contributed by atoms with Crippen molar-refractivity contribution in [3.63, 3.8) is 0 Å². The van der Waals surface area contributed by atoms with Gasteiger partial charge in [-0.05, 0) is 17.5 Å². The van der Waals surface area contributed by atoms with E-state index in [1.54, 1.807) is 11.9 Å². The van der Waals surface area contributed by atoms with Crippen LogP contribution in [0.3, 0.4) is 0 Å². The van der Waals surface area contributed by atoms with Crippen LogP contribution in [0.15, 0.2) is 60.7 Å². The molecule has 0 aliphatic carbocycles. The van der Waals surface area contributed by atoms with E-state index in [0.29, 0.717) is 32.6 Å². The molecular formula is C22H26N2O3. The fourth-order valence-corrected chi connectivity index (χ4v) is 3.35. The quantitative estimate of drug-likeness (QED) is 0.675. The highest BCUT2D eigenvalue weighted by Gasteiger charge is 2.37. The first-order chi connectivity index (χ1) is 13.1. The second-order valence-corrected chi connectivity index (χ2v) is 6.88. The highest BCUT2D eigenvalue weighted by Crippen LogP contribution is 2.17.